The zero-order chi connectivity index (χ0) is 34.7. The van der Waals surface area contributed by atoms with Crippen LogP contribution in [-0.2, 0) is 20.4 Å². The number of halogens is 1. The number of carbonyl (C=O) groups is 2. The fourth-order valence-corrected chi connectivity index (χ4v) is 8.56. The Balaban J connectivity index is 1.28. The fraction of sp³-hybridized carbons (Fsp3) is 0.262. The Kier molecular flexibility index (Phi) is 8.11. The lowest BCUT2D eigenvalue weighted by atomic mass is 9.78. The van der Waals surface area contributed by atoms with Gasteiger partial charge in [-0.1, -0.05) is 92.2 Å². The molecular formula is C42H39ClN2O4. The smallest absolute Gasteiger partial charge is 0.370 e. The van der Waals surface area contributed by atoms with Crippen molar-refractivity contribution in [3.05, 3.63) is 130 Å². The maximum Gasteiger partial charge on any atom is 0.370 e. The summed E-state index contributed by atoms with van der Waals surface area (Å²) in [6.07, 6.45) is 10.6. The molecule has 49 heavy (non-hydrogen) atoms. The number of rotatable bonds is 7. The van der Waals surface area contributed by atoms with Crippen molar-refractivity contribution in [1.29, 1.82) is 0 Å². The first-order valence-corrected chi connectivity index (χ1v) is 17.1. The summed E-state index contributed by atoms with van der Waals surface area (Å²) in [5, 5.41) is 27.0. The topological polar surface area (TPSA) is 83.7 Å². The molecule has 0 unspecified atom stereocenters. The highest BCUT2D eigenvalue weighted by Crippen LogP contribution is 2.51. The predicted molar refractivity (Wildman–Crippen MR) is 196 cm³/mol. The monoisotopic (exact) mass is 670 g/mol. The van der Waals surface area contributed by atoms with Crippen molar-refractivity contribution >= 4 is 62.2 Å². The molecule has 2 aliphatic heterocycles. The third-order valence-corrected chi connectivity index (χ3v) is 10.9. The van der Waals surface area contributed by atoms with Crippen LogP contribution in [0.25, 0.3) is 21.5 Å². The van der Waals surface area contributed by atoms with E-state index >= 15 is 0 Å². The molecule has 0 aromatic heterocycles. The number of nitrogens with zero attached hydrogens (tertiary/aromatic N) is 2. The summed E-state index contributed by atoms with van der Waals surface area (Å²) in [4.78, 5) is 25.9. The zero-order valence-electron chi connectivity index (χ0n) is 28.2. The first kappa shape index (κ1) is 32.6. The van der Waals surface area contributed by atoms with Gasteiger partial charge in [0, 0.05) is 39.5 Å². The van der Waals surface area contributed by atoms with Crippen molar-refractivity contribution in [1.82, 2.24) is 0 Å². The number of carboxylic acids is 2. The number of allylic oxidation sites excluding steroid dienone is 8. The van der Waals surface area contributed by atoms with E-state index in [-0.39, 0.29) is 13.1 Å². The Morgan fingerprint density at radius 3 is 2.18 bits per heavy atom. The van der Waals surface area contributed by atoms with Crippen molar-refractivity contribution < 1.29 is 24.4 Å². The maximum absolute atomic E-state index is 12.1. The quantitative estimate of drug-likeness (QED) is 0.201. The average molecular weight is 671 g/mol. The Bertz CT molecular complexity index is 2230. The van der Waals surface area contributed by atoms with Crippen molar-refractivity contribution in [2.75, 3.05) is 18.0 Å². The summed E-state index contributed by atoms with van der Waals surface area (Å²) in [6.45, 7) is 8.17. The second kappa shape index (κ2) is 12.2. The lowest BCUT2D eigenvalue weighted by Crippen LogP contribution is -2.38. The van der Waals surface area contributed by atoms with Gasteiger partial charge in [0.1, 0.15) is 0 Å². The zero-order valence-corrected chi connectivity index (χ0v) is 29.0. The van der Waals surface area contributed by atoms with Gasteiger partial charge >= 0.3 is 5.97 Å². The van der Waals surface area contributed by atoms with Crippen LogP contribution in [0.5, 0.6) is 0 Å². The Morgan fingerprint density at radius 1 is 0.857 bits per heavy atom. The van der Waals surface area contributed by atoms with Gasteiger partial charge in [0.25, 0.3) is 0 Å². The lowest BCUT2D eigenvalue weighted by Gasteiger charge is -2.27. The molecule has 7 rings (SSSR count). The van der Waals surface area contributed by atoms with Crippen LogP contribution in [0.2, 0.25) is 0 Å². The first-order chi connectivity index (χ1) is 23.4. The minimum Gasteiger partial charge on any atom is -0.548 e. The minimum absolute atomic E-state index is 0.143. The number of hydrogen-bond acceptors (Lipinski definition) is 4. The van der Waals surface area contributed by atoms with Crippen LogP contribution < -0.4 is 10.0 Å². The number of carboxylic acid groups (broad SMARTS) is 2. The summed E-state index contributed by atoms with van der Waals surface area (Å²) in [7, 11) is 0. The maximum atomic E-state index is 12.1. The highest BCUT2D eigenvalue weighted by atomic mass is 35.5. The molecule has 6 nitrogen and oxygen atoms in total. The lowest BCUT2D eigenvalue weighted by molar-refractivity contribution is -0.427. The molecule has 1 N–H and O–H groups in total. The molecule has 0 fully saturated rings. The van der Waals surface area contributed by atoms with E-state index in [1.54, 1.807) is 0 Å². The van der Waals surface area contributed by atoms with Gasteiger partial charge < -0.3 is 19.9 Å². The normalized spacial score (nSPS) is 19.9. The molecule has 0 saturated carbocycles. The van der Waals surface area contributed by atoms with Gasteiger partial charge in [0.05, 0.1) is 17.9 Å². The highest BCUT2D eigenvalue weighted by Gasteiger charge is 2.46. The summed E-state index contributed by atoms with van der Waals surface area (Å²) in [6, 6.07) is 24.5. The van der Waals surface area contributed by atoms with E-state index in [2.05, 4.69) is 58.0 Å². The molecule has 248 valence electrons. The fourth-order valence-electron chi connectivity index (χ4n) is 8.24. The molecule has 0 spiro atoms. The van der Waals surface area contributed by atoms with E-state index in [1.165, 1.54) is 0 Å². The van der Waals surface area contributed by atoms with Gasteiger partial charge in [0.15, 0.2) is 5.71 Å². The third-order valence-electron chi connectivity index (χ3n) is 10.4. The van der Waals surface area contributed by atoms with Crippen LogP contribution in [0.1, 0.15) is 58.1 Å². The molecule has 0 saturated heterocycles. The molecular weight excluding hydrogens is 632 g/mol. The van der Waals surface area contributed by atoms with Crippen LogP contribution in [0.3, 0.4) is 0 Å². The average Bonchev–Trinajstić information content (AvgIpc) is 3.41. The molecule has 4 aromatic carbocycles. The number of aliphatic carboxylic acids is 2. The van der Waals surface area contributed by atoms with Gasteiger partial charge in [-0.3, -0.25) is 0 Å². The SMILES string of the molecule is CC1(C)C(/C=C/C2=C(Cl)C(=C\C=C3\N(CC(=O)[O-])c4ccc5ccccc5c4C3(C)C)/CCC2)=[N+](CC(=O)O)c2ccc3ccccc3c21. The van der Waals surface area contributed by atoms with E-state index in [0.29, 0.717) is 5.03 Å². The number of hydrogen-bond donors (Lipinski definition) is 1. The van der Waals surface area contributed by atoms with Crippen LogP contribution >= 0.6 is 11.6 Å². The molecule has 3 aliphatic rings. The molecule has 2 heterocycles. The van der Waals surface area contributed by atoms with E-state index in [1.807, 2.05) is 76.2 Å². The second-order valence-corrected chi connectivity index (χ2v) is 14.6. The molecule has 0 radical (unpaired) electrons. The van der Waals surface area contributed by atoms with Crippen molar-refractivity contribution in [2.45, 2.75) is 57.8 Å². The summed E-state index contributed by atoms with van der Waals surface area (Å²) in [5.74, 6) is -2.04. The standard InChI is InChI=1S/C42H39ClN2O4/c1-41(2)34(44(24-36(46)47)32-20-16-26-10-5-7-14-30(26)38(32)41)22-18-28-12-9-13-29(40(28)43)19-23-35-42(3,4)39-31-15-8-6-11-27(31)17-21-33(39)45(35)25-37(48)49/h5-8,10-11,14-23H,9,12-13,24-25H2,1-4H3,(H-,46,47,48,49). The Labute approximate surface area is 291 Å². The third kappa shape index (κ3) is 5.48. The van der Waals surface area contributed by atoms with Gasteiger partial charge in [-0.15, -0.1) is 0 Å². The number of benzene rings is 4. The minimum atomic E-state index is -1.14. The van der Waals surface area contributed by atoms with E-state index < -0.39 is 22.8 Å². The van der Waals surface area contributed by atoms with Gasteiger partial charge in [0.2, 0.25) is 12.2 Å². The highest BCUT2D eigenvalue weighted by molar-refractivity contribution is 6.32. The number of anilines is 1. The Morgan fingerprint density at radius 2 is 1.51 bits per heavy atom. The van der Waals surface area contributed by atoms with E-state index in [0.717, 1.165) is 85.9 Å². The predicted octanol–water partition coefficient (Wildman–Crippen LogP) is 8.04. The van der Waals surface area contributed by atoms with Gasteiger partial charge in [-0.2, -0.15) is 4.58 Å². The summed E-state index contributed by atoms with van der Waals surface area (Å²) < 4.78 is 1.91. The molecule has 4 aromatic rings. The summed E-state index contributed by atoms with van der Waals surface area (Å²) >= 11 is 7.13. The molecule has 0 amide bonds. The molecule has 7 heteroatoms. The number of carbonyl (C=O) groups excluding carboxylic acids is 1. The van der Waals surface area contributed by atoms with Crippen LogP contribution in [0, 0.1) is 0 Å². The van der Waals surface area contributed by atoms with Gasteiger partial charge in [-0.25, -0.2) is 4.79 Å². The van der Waals surface area contributed by atoms with Crippen LogP contribution in [0.15, 0.2) is 119 Å². The molecule has 0 bridgehead atoms. The number of fused-ring (bicyclic) bond motifs is 6. The van der Waals surface area contributed by atoms with Crippen LogP contribution in [-0.4, -0.2) is 40.4 Å². The molecule has 1 aliphatic carbocycles. The van der Waals surface area contributed by atoms with Gasteiger partial charge in [-0.05, 0) is 89.6 Å². The van der Waals surface area contributed by atoms with Crippen molar-refractivity contribution in [3.8, 4) is 0 Å². The summed E-state index contributed by atoms with van der Waals surface area (Å²) in [5.41, 5.74) is 6.86. The molecule has 0 atom stereocenters. The largest absolute Gasteiger partial charge is 0.548 e. The van der Waals surface area contributed by atoms with Crippen LogP contribution in [0.4, 0.5) is 11.4 Å². The Hall–Kier alpha value is -4.94. The van der Waals surface area contributed by atoms with E-state index in [4.69, 9.17) is 11.6 Å². The van der Waals surface area contributed by atoms with Crippen molar-refractivity contribution in [3.63, 3.8) is 0 Å². The first-order valence-electron chi connectivity index (χ1n) is 16.8. The van der Waals surface area contributed by atoms with Crippen molar-refractivity contribution in [2.24, 2.45) is 0 Å². The second-order valence-electron chi connectivity index (χ2n) is 14.2. The van der Waals surface area contributed by atoms with E-state index in [9.17, 15) is 19.8 Å².